The molecule has 15 heavy (non-hydrogen) atoms. The lowest BCUT2D eigenvalue weighted by atomic mass is 10.0. The van der Waals surface area contributed by atoms with Gasteiger partial charge in [0.25, 0.3) is 0 Å². The molecule has 2 heteroatoms. The average molecular weight is 208 g/mol. The van der Waals surface area contributed by atoms with E-state index < -0.39 is 12.2 Å². The van der Waals surface area contributed by atoms with Gasteiger partial charge in [0.2, 0.25) is 0 Å². The van der Waals surface area contributed by atoms with E-state index in [1.54, 1.807) is 6.92 Å². The molecular formula is C13H20O2. The molecule has 0 heterocycles. The van der Waals surface area contributed by atoms with E-state index in [1.165, 1.54) is 5.56 Å². The van der Waals surface area contributed by atoms with Crippen molar-refractivity contribution in [1.82, 2.24) is 0 Å². The molecular weight excluding hydrogens is 188 g/mol. The van der Waals surface area contributed by atoms with Crippen LogP contribution in [0, 0.1) is 0 Å². The van der Waals surface area contributed by atoms with Crippen LogP contribution < -0.4 is 0 Å². The van der Waals surface area contributed by atoms with E-state index in [-0.39, 0.29) is 0 Å². The van der Waals surface area contributed by atoms with Gasteiger partial charge in [-0.15, -0.1) is 0 Å². The molecule has 0 radical (unpaired) electrons. The van der Waals surface area contributed by atoms with Crippen molar-refractivity contribution < 1.29 is 10.2 Å². The van der Waals surface area contributed by atoms with Crippen LogP contribution in [-0.4, -0.2) is 22.4 Å². The summed E-state index contributed by atoms with van der Waals surface area (Å²) in [6.45, 7) is 3.77. The number of hydrogen-bond donors (Lipinski definition) is 2. The maximum Gasteiger partial charge on any atom is 0.0836 e. The third-order valence-electron chi connectivity index (χ3n) is 2.56. The molecule has 0 spiro atoms. The summed E-state index contributed by atoms with van der Waals surface area (Å²) < 4.78 is 0. The van der Waals surface area contributed by atoms with Gasteiger partial charge in [-0.25, -0.2) is 0 Å². The van der Waals surface area contributed by atoms with E-state index in [0.717, 1.165) is 18.4 Å². The van der Waals surface area contributed by atoms with Gasteiger partial charge in [0, 0.05) is 6.42 Å². The third-order valence-corrected chi connectivity index (χ3v) is 2.56. The summed E-state index contributed by atoms with van der Waals surface area (Å²) in [4.78, 5) is 0. The highest BCUT2D eigenvalue weighted by atomic mass is 16.3. The minimum atomic E-state index is -0.666. The Morgan fingerprint density at radius 3 is 2.07 bits per heavy atom. The molecule has 0 amide bonds. The van der Waals surface area contributed by atoms with Gasteiger partial charge >= 0.3 is 0 Å². The maximum absolute atomic E-state index is 9.50. The fourth-order valence-electron chi connectivity index (χ4n) is 1.54. The SMILES string of the molecule is CCCc1ccc(CC(O)C(C)O)cc1. The average Bonchev–Trinajstić information content (AvgIpc) is 2.21. The number of aliphatic hydroxyl groups is 2. The van der Waals surface area contributed by atoms with E-state index in [9.17, 15) is 10.2 Å². The highest BCUT2D eigenvalue weighted by Crippen LogP contribution is 2.10. The lowest BCUT2D eigenvalue weighted by Crippen LogP contribution is -2.24. The number of aliphatic hydroxyl groups excluding tert-OH is 2. The summed E-state index contributed by atoms with van der Waals surface area (Å²) in [7, 11) is 0. The maximum atomic E-state index is 9.50. The van der Waals surface area contributed by atoms with Crippen LogP contribution in [0.25, 0.3) is 0 Å². The minimum Gasteiger partial charge on any atom is -0.391 e. The van der Waals surface area contributed by atoms with Gasteiger partial charge in [-0.2, -0.15) is 0 Å². The standard InChI is InChI=1S/C13H20O2/c1-3-4-11-5-7-12(8-6-11)9-13(15)10(2)14/h5-8,10,13-15H,3-4,9H2,1-2H3. The molecule has 84 valence electrons. The van der Waals surface area contributed by atoms with Gasteiger partial charge in [0.1, 0.15) is 0 Å². The Bertz CT molecular complexity index is 277. The number of benzene rings is 1. The summed E-state index contributed by atoms with van der Waals surface area (Å²) in [5, 5.41) is 18.7. The molecule has 2 unspecified atom stereocenters. The van der Waals surface area contributed by atoms with Crippen molar-refractivity contribution in [3.63, 3.8) is 0 Å². The molecule has 2 nitrogen and oxygen atoms in total. The van der Waals surface area contributed by atoms with Crippen molar-refractivity contribution in [3.8, 4) is 0 Å². The first-order valence-corrected chi connectivity index (χ1v) is 5.57. The Labute approximate surface area is 91.6 Å². The van der Waals surface area contributed by atoms with E-state index >= 15 is 0 Å². The summed E-state index contributed by atoms with van der Waals surface area (Å²) >= 11 is 0. The van der Waals surface area contributed by atoms with Gasteiger partial charge < -0.3 is 10.2 Å². The first-order chi connectivity index (χ1) is 7.13. The molecule has 0 aliphatic carbocycles. The first kappa shape index (κ1) is 12.2. The lowest BCUT2D eigenvalue weighted by molar-refractivity contribution is 0.0319. The smallest absolute Gasteiger partial charge is 0.0836 e. The zero-order valence-corrected chi connectivity index (χ0v) is 9.48. The summed E-state index contributed by atoms with van der Waals surface area (Å²) in [5.74, 6) is 0. The zero-order chi connectivity index (χ0) is 11.3. The van der Waals surface area contributed by atoms with Crippen molar-refractivity contribution in [2.75, 3.05) is 0 Å². The molecule has 0 aliphatic rings. The van der Waals surface area contributed by atoms with E-state index in [0.29, 0.717) is 6.42 Å². The van der Waals surface area contributed by atoms with Crippen LogP contribution in [0.2, 0.25) is 0 Å². The lowest BCUT2D eigenvalue weighted by Gasteiger charge is -2.13. The largest absolute Gasteiger partial charge is 0.391 e. The molecule has 0 aliphatic heterocycles. The second-order valence-electron chi connectivity index (χ2n) is 4.08. The van der Waals surface area contributed by atoms with Crippen molar-refractivity contribution in [1.29, 1.82) is 0 Å². The highest BCUT2D eigenvalue weighted by Gasteiger charge is 2.11. The van der Waals surface area contributed by atoms with E-state index in [1.807, 2.05) is 12.1 Å². The fraction of sp³-hybridized carbons (Fsp3) is 0.538. The molecule has 1 rings (SSSR count). The second kappa shape index (κ2) is 5.89. The minimum absolute atomic E-state index is 0.518. The number of hydrogen-bond acceptors (Lipinski definition) is 2. The Kier molecular flexibility index (Phi) is 4.79. The molecule has 1 aromatic carbocycles. The van der Waals surface area contributed by atoms with Gasteiger partial charge in [-0.1, -0.05) is 37.6 Å². The number of aryl methyl sites for hydroxylation is 1. The molecule has 2 N–H and O–H groups in total. The van der Waals surface area contributed by atoms with Crippen LogP contribution in [0.1, 0.15) is 31.4 Å². The molecule has 0 saturated heterocycles. The van der Waals surface area contributed by atoms with Crippen molar-refractivity contribution in [3.05, 3.63) is 35.4 Å². The quantitative estimate of drug-likeness (QED) is 0.776. The van der Waals surface area contributed by atoms with Crippen LogP contribution in [-0.2, 0) is 12.8 Å². The molecule has 0 aromatic heterocycles. The van der Waals surface area contributed by atoms with Crippen LogP contribution in [0.3, 0.4) is 0 Å². The highest BCUT2D eigenvalue weighted by molar-refractivity contribution is 5.23. The summed E-state index contributed by atoms with van der Waals surface area (Å²) in [6, 6.07) is 8.23. The predicted octanol–water partition coefficient (Wildman–Crippen LogP) is 1.92. The molecule has 1 aromatic rings. The zero-order valence-electron chi connectivity index (χ0n) is 9.48. The molecule has 0 fully saturated rings. The Hall–Kier alpha value is -0.860. The van der Waals surface area contributed by atoms with Crippen LogP contribution in [0.15, 0.2) is 24.3 Å². The van der Waals surface area contributed by atoms with E-state index in [4.69, 9.17) is 0 Å². The predicted molar refractivity (Wildman–Crippen MR) is 61.8 cm³/mol. The van der Waals surface area contributed by atoms with Crippen molar-refractivity contribution in [2.45, 2.75) is 45.3 Å². The molecule has 0 saturated carbocycles. The molecule has 2 atom stereocenters. The van der Waals surface area contributed by atoms with Gasteiger partial charge in [-0.3, -0.25) is 0 Å². The molecule has 0 bridgehead atoms. The van der Waals surface area contributed by atoms with Gasteiger partial charge in [0.05, 0.1) is 12.2 Å². The Balaban J connectivity index is 2.56. The summed E-state index contributed by atoms with van der Waals surface area (Å²) in [6.07, 6.45) is 1.43. The fourth-order valence-corrected chi connectivity index (χ4v) is 1.54. The van der Waals surface area contributed by atoms with Gasteiger partial charge in [-0.05, 0) is 24.5 Å². The Morgan fingerprint density at radius 2 is 1.60 bits per heavy atom. The van der Waals surface area contributed by atoms with Crippen LogP contribution in [0.5, 0.6) is 0 Å². The van der Waals surface area contributed by atoms with E-state index in [2.05, 4.69) is 19.1 Å². The third kappa shape index (κ3) is 4.02. The van der Waals surface area contributed by atoms with Crippen molar-refractivity contribution in [2.24, 2.45) is 0 Å². The normalized spacial score (nSPS) is 14.9. The second-order valence-corrected chi connectivity index (χ2v) is 4.08. The summed E-state index contributed by atoms with van der Waals surface area (Å²) in [5.41, 5.74) is 2.40. The van der Waals surface area contributed by atoms with Crippen LogP contribution >= 0.6 is 0 Å². The van der Waals surface area contributed by atoms with Gasteiger partial charge in [0.15, 0.2) is 0 Å². The number of rotatable bonds is 5. The van der Waals surface area contributed by atoms with Crippen LogP contribution in [0.4, 0.5) is 0 Å². The monoisotopic (exact) mass is 208 g/mol. The topological polar surface area (TPSA) is 40.5 Å². The first-order valence-electron chi connectivity index (χ1n) is 5.57. The Morgan fingerprint density at radius 1 is 1.07 bits per heavy atom. The van der Waals surface area contributed by atoms with Crippen molar-refractivity contribution >= 4 is 0 Å².